The lowest BCUT2D eigenvalue weighted by Gasteiger charge is -2.17. The van der Waals surface area contributed by atoms with Crippen LogP contribution >= 0.6 is 0 Å². The zero-order chi connectivity index (χ0) is 9.97. The predicted octanol–water partition coefficient (Wildman–Crippen LogP) is 2.25. The van der Waals surface area contributed by atoms with Gasteiger partial charge in [0.1, 0.15) is 0 Å². The highest BCUT2D eigenvalue weighted by molar-refractivity contribution is 5.22. The predicted molar refractivity (Wildman–Crippen MR) is 51.5 cm³/mol. The molecule has 14 heavy (non-hydrogen) atoms. The van der Waals surface area contributed by atoms with E-state index in [2.05, 4.69) is 5.32 Å². The second kappa shape index (κ2) is 4.05. The Morgan fingerprint density at radius 3 is 2.50 bits per heavy atom. The molecule has 1 heterocycles. The van der Waals surface area contributed by atoms with Crippen LogP contribution in [0.15, 0.2) is 30.3 Å². The Labute approximate surface area is 82.1 Å². The summed E-state index contributed by atoms with van der Waals surface area (Å²) in [7, 11) is 0. The zero-order valence-corrected chi connectivity index (χ0v) is 7.79. The molecule has 1 aromatic rings. The average molecular weight is 197 g/mol. The minimum absolute atomic E-state index is 0.0313. The molecule has 0 bridgehead atoms. The quantitative estimate of drug-likeness (QED) is 0.766. The van der Waals surface area contributed by atoms with Gasteiger partial charge in [-0.1, -0.05) is 30.3 Å². The second-order valence-corrected chi connectivity index (χ2v) is 3.67. The van der Waals surface area contributed by atoms with Gasteiger partial charge in [-0.25, -0.2) is 8.78 Å². The first kappa shape index (κ1) is 9.59. The lowest BCUT2D eigenvalue weighted by Crippen LogP contribution is -2.19. The second-order valence-electron chi connectivity index (χ2n) is 3.67. The van der Waals surface area contributed by atoms with E-state index in [1.807, 2.05) is 30.3 Å². The SMILES string of the molecule is FC(F)C1CNCC1c1ccccc1. The minimum atomic E-state index is -2.23. The number of hydrogen-bond donors (Lipinski definition) is 1. The molecule has 0 spiro atoms. The average Bonchev–Trinajstić information content (AvgIpc) is 2.67. The highest BCUT2D eigenvalue weighted by atomic mass is 19.3. The monoisotopic (exact) mass is 197 g/mol. The molecule has 0 radical (unpaired) electrons. The van der Waals surface area contributed by atoms with Crippen LogP contribution in [-0.2, 0) is 0 Å². The number of hydrogen-bond acceptors (Lipinski definition) is 1. The summed E-state index contributed by atoms with van der Waals surface area (Å²) in [5.41, 5.74) is 1.02. The van der Waals surface area contributed by atoms with Crippen molar-refractivity contribution >= 4 is 0 Å². The summed E-state index contributed by atoms with van der Waals surface area (Å²) in [5.74, 6) is -0.561. The summed E-state index contributed by atoms with van der Waals surface area (Å²) in [5, 5.41) is 3.02. The van der Waals surface area contributed by atoms with Gasteiger partial charge >= 0.3 is 0 Å². The van der Waals surface area contributed by atoms with Gasteiger partial charge in [-0.3, -0.25) is 0 Å². The fraction of sp³-hybridized carbons (Fsp3) is 0.455. The van der Waals surface area contributed by atoms with E-state index < -0.39 is 12.3 Å². The molecular weight excluding hydrogens is 184 g/mol. The normalized spacial score (nSPS) is 27.1. The highest BCUT2D eigenvalue weighted by Crippen LogP contribution is 2.31. The van der Waals surface area contributed by atoms with Gasteiger partial charge in [0.2, 0.25) is 6.43 Å². The van der Waals surface area contributed by atoms with Gasteiger partial charge in [-0.05, 0) is 5.56 Å². The number of benzene rings is 1. The van der Waals surface area contributed by atoms with Crippen molar-refractivity contribution in [2.45, 2.75) is 12.3 Å². The van der Waals surface area contributed by atoms with E-state index in [4.69, 9.17) is 0 Å². The molecule has 1 nitrogen and oxygen atoms in total. The van der Waals surface area contributed by atoms with Crippen molar-refractivity contribution < 1.29 is 8.78 Å². The lowest BCUT2D eigenvalue weighted by molar-refractivity contribution is 0.0788. The molecule has 1 aromatic carbocycles. The van der Waals surface area contributed by atoms with E-state index in [9.17, 15) is 8.78 Å². The molecule has 1 aliphatic rings. The Morgan fingerprint density at radius 1 is 1.14 bits per heavy atom. The van der Waals surface area contributed by atoms with Crippen LogP contribution < -0.4 is 5.32 Å². The molecule has 1 N–H and O–H groups in total. The molecule has 2 unspecified atom stereocenters. The van der Waals surface area contributed by atoms with Crippen molar-refractivity contribution in [3.8, 4) is 0 Å². The first-order chi connectivity index (χ1) is 6.79. The third-order valence-corrected chi connectivity index (χ3v) is 2.81. The summed E-state index contributed by atoms with van der Waals surface area (Å²) >= 11 is 0. The van der Waals surface area contributed by atoms with E-state index in [1.54, 1.807) is 0 Å². The molecule has 76 valence electrons. The van der Waals surface area contributed by atoms with Crippen LogP contribution in [0.1, 0.15) is 11.5 Å². The Morgan fingerprint density at radius 2 is 1.86 bits per heavy atom. The largest absolute Gasteiger partial charge is 0.316 e. The topological polar surface area (TPSA) is 12.0 Å². The summed E-state index contributed by atoms with van der Waals surface area (Å²) < 4.78 is 25.3. The van der Waals surface area contributed by atoms with Crippen LogP contribution in [0, 0.1) is 5.92 Å². The van der Waals surface area contributed by atoms with Crippen molar-refractivity contribution in [1.82, 2.24) is 5.32 Å². The third kappa shape index (κ3) is 1.77. The smallest absolute Gasteiger partial charge is 0.243 e. The maximum Gasteiger partial charge on any atom is 0.243 e. The third-order valence-electron chi connectivity index (χ3n) is 2.81. The van der Waals surface area contributed by atoms with Gasteiger partial charge in [-0.2, -0.15) is 0 Å². The summed E-state index contributed by atoms with van der Waals surface area (Å²) in [6.07, 6.45) is -2.23. The fourth-order valence-corrected chi connectivity index (χ4v) is 2.03. The van der Waals surface area contributed by atoms with Gasteiger partial charge in [0.25, 0.3) is 0 Å². The molecule has 1 fully saturated rings. The van der Waals surface area contributed by atoms with Crippen LogP contribution in [0.2, 0.25) is 0 Å². The van der Waals surface area contributed by atoms with E-state index >= 15 is 0 Å². The van der Waals surface area contributed by atoms with Gasteiger partial charge in [0.05, 0.1) is 0 Å². The van der Waals surface area contributed by atoms with Crippen molar-refractivity contribution in [1.29, 1.82) is 0 Å². The van der Waals surface area contributed by atoms with Crippen LogP contribution in [0.5, 0.6) is 0 Å². The van der Waals surface area contributed by atoms with Crippen LogP contribution in [0.3, 0.4) is 0 Å². The molecule has 0 amide bonds. The molecule has 0 aliphatic carbocycles. The van der Waals surface area contributed by atoms with Crippen molar-refractivity contribution in [2.75, 3.05) is 13.1 Å². The lowest BCUT2D eigenvalue weighted by atomic mass is 9.89. The Balaban J connectivity index is 2.18. The Kier molecular flexibility index (Phi) is 2.77. The summed E-state index contributed by atoms with van der Waals surface area (Å²) in [4.78, 5) is 0. The van der Waals surface area contributed by atoms with Crippen molar-refractivity contribution in [2.24, 2.45) is 5.92 Å². The molecular formula is C11H13F2N. The van der Waals surface area contributed by atoms with Gasteiger partial charge in [0, 0.05) is 24.9 Å². The van der Waals surface area contributed by atoms with Gasteiger partial charge in [-0.15, -0.1) is 0 Å². The first-order valence-corrected chi connectivity index (χ1v) is 4.83. The number of nitrogens with one attached hydrogen (secondary N) is 1. The molecule has 1 aliphatic heterocycles. The van der Waals surface area contributed by atoms with E-state index in [1.165, 1.54) is 0 Å². The molecule has 3 heteroatoms. The van der Waals surface area contributed by atoms with Crippen molar-refractivity contribution in [3.63, 3.8) is 0 Å². The summed E-state index contributed by atoms with van der Waals surface area (Å²) in [6.45, 7) is 1.09. The minimum Gasteiger partial charge on any atom is -0.316 e. The molecule has 1 saturated heterocycles. The van der Waals surface area contributed by atoms with E-state index in [0.717, 1.165) is 5.56 Å². The number of alkyl halides is 2. The Hall–Kier alpha value is -0.960. The standard InChI is InChI=1S/C11H13F2N/c12-11(13)10-7-14-6-9(10)8-4-2-1-3-5-8/h1-5,9-11,14H,6-7H2. The van der Waals surface area contributed by atoms with Crippen LogP contribution in [0.4, 0.5) is 8.78 Å². The van der Waals surface area contributed by atoms with E-state index in [0.29, 0.717) is 13.1 Å². The molecule has 0 aromatic heterocycles. The summed E-state index contributed by atoms with van der Waals surface area (Å²) in [6, 6.07) is 9.55. The zero-order valence-electron chi connectivity index (χ0n) is 7.79. The molecule has 0 saturated carbocycles. The molecule has 2 rings (SSSR count). The van der Waals surface area contributed by atoms with Crippen LogP contribution in [-0.4, -0.2) is 19.5 Å². The van der Waals surface area contributed by atoms with Crippen LogP contribution in [0.25, 0.3) is 0 Å². The Bertz CT molecular complexity index is 287. The number of halogens is 2. The van der Waals surface area contributed by atoms with Crippen molar-refractivity contribution in [3.05, 3.63) is 35.9 Å². The maximum absolute atomic E-state index is 12.6. The maximum atomic E-state index is 12.6. The fourth-order valence-electron chi connectivity index (χ4n) is 2.03. The highest BCUT2D eigenvalue weighted by Gasteiger charge is 2.34. The number of rotatable bonds is 2. The molecule has 2 atom stereocenters. The first-order valence-electron chi connectivity index (χ1n) is 4.83. The van der Waals surface area contributed by atoms with Gasteiger partial charge < -0.3 is 5.32 Å². The van der Waals surface area contributed by atoms with E-state index in [-0.39, 0.29) is 5.92 Å². The van der Waals surface area contributed by atoms with Gasteiger partial charge in [0.15, 0.2) is 0 Å².